The molecule has 0 atom stereocenters. The lowest BCUT2D eigenvalue weighted by Crippen LogP contribution is -2.18. The zero-order valence-corrected chi connectivity index (χ0v) is 9.54. The van der Waals surface area contributed by atoms with Crippen LogP contribution in [0.5, 0.6) is 0 Å². The van der Waals surface area contributed by atoms with Gasteiger partial charge in [-0.05, 0) is 25.7 Å². The SMILES string of the molecule is CCOC(=O)C(C#N)=C(N)C(CC)CC. The zero-order chi connectivity index (χ0) is 11.8. The first kappa shape index (κ1) is 13.5. The summed E-state index contributed by atoms with van der Waals surface area (Å²) in [5.74, 6) is -0.548. The highest BCUT2D eigenvalue weighted by Gasteiger charge is 2.19. The minimum atomic E-state index is -0.621. The van der Waals surface area contributed by atoms with Crippen molar-refractivity contribution in [2.75, 3.05) is 6.61 Å². The first-order valence-corrected chi connectivity index (χ1v) is 5.19. The zero-order valence-electron chi connectivity index (χ0n) is 9.54. The fourth-order valence-electron chi connectivity index (χ4n) is 1.36. The maximum absolute atomic E-state index is 11.4. The van der Waals surface area contributed by atoms with Gasteiger partial charge in [0.1, 0.15) is 6.07 Å². The van der Waals surface area contributed by atoms with Crippen molar-refractivity contribution in [3.05, 3.63) is 11.3 Å². The molecule has 4 nitrogen and oxygen atoms in total. The predicted octanol–water partition coefficient (Wildman–Crippen LogP) is 1.72. The van der Waals surface area contributed by atoms with E-state index in [2.05, 4.69) is 0 Å². The maximum atomic E-state index is 11.4. The van der Waals surface area contributed by atoms with Crippen LogP contribution >= 0.6 is 0 Å². The van der Waals surface area contributed by atoms with E-state index in [4.69, 9.17) is 15.7 Å². The van der Waals surface area contributed by atoms with Crippen LogP contribution in [-0.4, -0.2) is 12.6 Å². The number of ether oxygens (including phenoxy) is 1. The summed E-state index contributed by atoms with van der Waals surface area (Å²) in [5.41, 5.74) is 6.08. The van der Waals surface area contributed by atoms with E-state index < -0.39 is 5.97 Å². The Bertz CT molecular complexity index is 285. The molecule has 0 aliphatic carbocycles. The maximum Gasteiger partial charge on any atom is 0.350 e. The van der Waals surface area contributed by atoms with Gasteiger partial charge in [-0.1, -0.05) is 13.8 Å². The van der Waals surface area contributed by atoms with Gasteiger partial charge in [-0.25, -0.2) is 4.79 Å². The highest BCUT2D eigenvalue weighted by atomic mass is 16.5. The fraction of sp³-hybridized carbons (Fsp3) is 0.636. The third-order valence-corrected chi connectivity index (χ3v) is 2.31. The number of rotatable bonds is 5. The number of allylic oxidation sites excluding steroid dienone is 1. The summed E-state index contributed by atoms with van der Waals surface area (Å²) >= 11 is 0. The second-order valence-corrected chi connectivity index (χ2v) is 3.18. The summed E-state index contributed by atoms with van der Waals surface area (Å²) in [4.78, 5) is 11.4. The number of hydrogen-bond acceptors (Lipinski definition) is 4. The number of nitrogens with two attached hydrogens (primary N) is 1. The van der Waals surface area contributed by atoms with Gasteiger partial charge in [-0.3, -0.25) is 0 Å². The van der Waals surface area contributed by atoms with Gasteiger partial charge in [0, 0.05) is 5.70 Å². The van der Waals surface area contributed by atoms with E-state index in [9.17, 15) is 4.79 Å². The third kappa shape index (κ3) is 3.62. The van der Waals surface area contributed by atoms with Crippen LogP contribution in [0.1, 0.15) is 33.6 Å². The number of nitriles is 1. The van der Waals surface area contributed by atoms with Crippen LogP contribution in [0.25, 0.3) is 0 Å². The van der Waals surface area contributed by atoms with Crippen LogP contribution < -0.4 is 5.73 Å². The van der Waals surface area contributed by atoms with Crippen LogP contribution in [0.3, 0.4) is 0 Å². The molecule has 0 rings (SSSR count). The van der Waals surface area contributed by atoms with Gasteiger partial charge in [-0.15, -0.1) is 0 Å². The molecule has 0 saturated carbocycles. The Balaban J connectivity index is 4.97. The van der Waals surface area contributed by atoms with Crippen LogP contribution in [-0.2, 0) is 9.53 Å². The lowest BCUT2D eigenvalue weighted by molar-refractivity contribution is -0.138. The van der Waals surface area contributed by atoms with E-state index in [0.29, 0.717) is 5.70 Å². The molecule has 0 unspecified atom stereocenters. The molecule has 0 saturated heterocycles. The lowest BCUT2D eigenvalue weighted by Gasteiger charge is -2.14. The van der Waals surface area contributed by atoms with Crippen molar-refractivity contribution in [2.45, 2.75) is 33.6 Å². The molecule has 0 radical (unpaired) electrons. The van der Waals surface area contributed by atoms with E-state index in [0.717, 1.165) is 12.8 Å². The van der Waals surface area contributed by atoms with E-state index in [1.807, 2.05) is 19.9 Å². The largest absolute Gasteiger partial charge is 0.462 e. The molecule has 84 valence electrons. The topological polar surface area (TPSA) is 76.1 Å². The van der Waals surface area contributed by atoms with Crippen molar-refractivity contribution in [2.24, 2.45) is 11.7 Å². The van der Waals surface area contributed by atoms with E-state index in [1.54, 1.807) is 6.92 Å². The molecule has 0 bridgehead atoms. The Labute approximate surface area is 90.7 Å². The van der Waals surface area contributed by atoms with Crippen LogP contribution in [0.15, 0.2) is 11.3 Å². The second-order valence-electron chi connectivity index (χ2n) is 3.18. The number of carbonyl (C=O) groups excluding carboxylic acids is 1. The smallest absolute Gasteiger partial charge is 0.350 e. The average molecular weight is 210 g/mol. The van der Waals surface area contributed by atoms with Gasteiger partial charge in [0.05, 0.1) is 6.61 Å². The van der Waals surface area contributed by atoms with Crippen molar-refractivity contribution in [3.8, 4) is 6.07 Å². The summed E-state index contributed by atoms with van der Waals surface area (Å²) in [7, 11) is 0. The monoisotopic (exact) mass is 210 g/mol. The van der Waals surface area contributed by atoms with Gasteiger partial charge in [0.2, 0.25) is 0 Å². The molecule has 0 aromatic rings. The Hall–Kier alpha value is -1.50. The quantitative estimate of drug-likeness (QED) is 0.426. The van der Waals surface area contributed by atoms with Crippen molar-refractivity contribution >= 4 is 5.97 Å². The minimum absolute atomic E-state index is 0.0504. The molecule has 0 amide bonds. The molecule has 0 heterocycles. The second kappa shape index (κ2) is 6.88. The highest BCUT2D eigenvalue weighted by Crippen LogP contribution is 2.18. The number of carbonyl (C=O) groups is 1. The molecule has 0 aromatic heterocycles. The molecule has 0 aliphatic heterocycles. The summed E-state index contributed by atoms with van der Waals surface area (Å²) in [6.07, 6.45) is 1.62. The molecular weight excluding hydrogens is 192 g/mol. The molecule has 0 spiro atoms. The minimum Gasteiger partial charge on any atom is -0.462 e. The van der Waals surface area contributed by atoms with Gasteiger partial charge < -0.3 is 10.5 Å². The molecule has 0 aliphatic rings. The molecule has 0 fully saturated rings. The Morgan fingerprint density at radius 1 is 1.40 bits per heavy atom. The Kier molecular flexibility index (Phi) is 6.19. The van der Waals surface area contributed by atoms with Gasteiger partial charge in [0.15, 0.2) is 5.57 Å². The van der Waals surface area contributed by atoms with E-state index >= 15 is 0 Å². The normalized spacial score (nSPS) is 11.9. The van der Waals surface area contributed by atoms with Crippen LogP contribution in [0.2, 0.25) is 0 Å². The van der Waals surface area contributed by atoms with Crippen molar-refractivity contribution < 1.29 is 9.53 Å². The number of nitrogens with zero attached hydrogens (tertiary/aromatic N) is 1. The average Bonchev–Trinajstić information content (AvgIpc) is 2.21. The predicted molar refractivity (Wildman–Crippen MR) is 57.5 cm³/mol. The molecule has 4 heteroatoms. The highest BCUT2D eigenvalue weighted by molar-refractivity contribution is 5.93. The van der Waals surface area contributed by atoms with E-state index in [-0.39, 0.29) is 18.1 Å². The lowest BCUT2D eigenvalue weighted by atomic mass is 9.96. The van der Waals surface area contributed by atoms with Gasteiger partial charge >= 0.3 is 5.97 Å². The molecule has 0 aromatic carbocycles. The summed E-state index contributed by atoms with van der Waals surface area (Å²) in [5, 5.41) is 8.84. The van der Waals surface area contributed by atoms with Crippen molar-refractivity contribution in [1.82, 2.24) is 0 Å². The molecule has 2 N–H and O–H groups in total. The van der Waals surface area contributed by atoms with Crippen LogP contribution in [0.4, 0.5) is 0 Å². The first-order chi connectivity index (χ1) is 7.12. The Morgan fingerprint density at radius 2 is 1.93 bits per heavy atom. The standard InChI is InChI=1S/C11H18N2O2/c1-4-8(5-2)10(13)9(7-12)11(14)15-6-3/h8H,4-6,13H2,1-3H3. The van der Waals surface area contributed by atoms with Crippen molar-refractivity contribution in [3.63, 3.8) is 0 Å². The fourth-order valence-corrected chi connectivity index (χ4v) is 1.36. The Morgan fingerprint density at radius 3 is 2.27 bits per heavy atom. The summed E-state index contributed by atoms with van der Waals surface area (Å²) in [6.45, 7) is 5.89. The van der Waals surface area contributed by atoms with Gasteiger partial charge in [0.25, 0.3) is 0 Å². The third-order valence-electron chi connectivity index (χ3n) is 2.31. The van der Waals surface area contributed by atoms with Crippen molar-refractivity contribution in [1.29, 1.82) is 5.26 Å². The van der Waals surface area contributed by atoms with E-state index in [1.165, 1.54) is 0 Å². The number of hydrogen-bond donors (Lipinski definition) is 1. The number of esters is 1. The summed E-state index contributed by atoms with van der Waals surface area (Å²) < 4.78 is 4.76. The molecule has 15 heavy (non-hydrogen) atoms. The molecular formula is C11H18N2O2. The van der Waals surface area contributed by atoms with Crippen LogP contribution in [0, 0.1) is 17.2 Å². The summed E-state index contributed by atoms with van der Waals surface area (Å²) in [6, 6.07) is 1.82. The first-order valence-electron chi connectivity index (χ1n) is 5.19. The van der Waals surface area contributed by atoms with Gasteiger partial charge in [-0.2, -0.15) is 5.26 Å².